The van der Waals surface area contributed by atoms with E-state index in [4.69, 9.17) is 5.11 Å². The molecule has 6 heteroatoms. The molecular weight excluding hydrogens is 312 g/mol. The molecule has 0 aliphatic heterocycles. The van der Waals surface area contributed by atoms with Crippen molar-refractivity contribution in [3.05, 3.63) is 51.5 Å². The van der Waals surface area contributed by atoms with Gasteiger partial charge in [-0.25, -0.2) is 4.79 Å². The Morgan fingerprint density at radius 1 is 1.43 bits per heavy atom. The third kappa shape index (κ3) is 3.76. The molecule has 5 nitrogen and oxygen atoms in total. The van der Waals surface area contributed by atoms with E-state index in [0.29, 0.717) is 6.54 Å². The number of aromatic nitrogens is 1. The number of fused-ring (bicyclic) bond motifs is 1. The van der Waals surface area contributed by atoms with Gasteiger partial charge in [0.05, 0.1) is 12.0 Å². The molecule has 0 fully saturated rings. The average Bonchev–Trinajstić information content (AvgIpc) is 3.01. The first-order valence-electron chi connectivity index (χ1n) is 7.64. The zero-order valence-electron chi connectivity index (χ0n) is 12.6. The Morgan fingerprint density at radius 2 is 2.30 bits per heavy atom. The minimum absolute atomic E-state index is 0.0770. The van der Waals surface area contributed by atoms with Gasteiger partial charge in [-0.3, -0.25) is 9.78 Å². The molecule has 1 amide bonds. The van der Waals surface area contributed by atoms with Crippen molar-refractivity contribution in [2.45, 2.75) is 31.6 Å². The van der Waals surface area contributed by atoms with Crippen LogP contribution in [-0.2, 0) is 17.6 Å². The summed E-state index contributed by atoms with van der Waals surface area (Å²) in [5.41, 5.74) is 2.62. The molecule has 2 aromatic rings. The predicted molar refractivity (Wildman–Crippen MR) is 87.9 cm³/mol. The Morgan fingerprint density at radius 3 is 3.09 bits per heavy atom. The van der Waals surface area contributed by atoms with Crippen molar-refractivity contribution in [2.75, 3.05) is 6.54 Å². The lowest BCUT2D eigenvalue weighted by Crippen LogP contribution is -2.31. The smallest absolute Gasteiger partial charge is 0.336 e. The summed E-state index contributed by atoms with van der Waals surface area (Å²) in [6, 6.07) is 5.62. The van der Waals surface area contributed by atoms with Crippen molar-refractivity contribution >= 4 is 23.2 Å². The van der Waals surface area contributed by atoms with Crippen molar-refractivity contribution in [3.63, 3.8) is 0 Å². The van der Waals surface area contributed by atoms with Crippen LogP contribution in [0.15, 0.2) is 29.8 Å². The van der Waals surface area contributed by atoms with Gasteiger partial charge in [-0.1, -0.05) is 6.07 Å². The molecule has 0 bridgehead atoms. The molecule has 0 spiro atoms. The lowest BCUT2D eigenvalue weighted by molar-refractivity contribution is -0.120. The van der Waals surface area contributed by atoms with E-state index in [2.05, 4.69) is 16.4 Å². The lowest BCUT2D eigenvalue weighted by Gasteiger charge is -2.24. The van der Waals surface area contributed by atoms with Crippen LogP contribution in [0.3, 0.4) is 0 Å². The standard InChI is InChI=1S/C17H18N2O3S/c20-15(8-14-7-13(10-23-14)17(21)22)19-9-12-4-1-3-11-5-2-6-18-16(11)12/h2,5-7,10,12H,1,3-4,8-9H2,(H,19,20)(H,21,22). The van der Waals surface area contributed by atoms with Gasteiger partial charge in [-0.15, -0.1) is 11.3 Å². The maximum Gasteiger partial charge on any atom is 0.336 e. The largest absolute Gasteiger partial charge is 0.478 e. The number of carbonyl (C=O) groups is 2. The van der Waals surface area contributed by atoms with Gasteiger partial charge in [0.1, 0.15) is 0 Å². The Labute approximate surface area is 138 Å². The highest BCUT2D eigenvalue weighted by atomic mass is 32.1. The molecular formula is C17H18N2O3S. The maximum atomic E-state index is 12.1. The number of carboxylic acids is 1. The van der Waals surface area contributed by atoms with E-state index in [1.807, 2.05) is 6.07 Å². The van der Waals surface area contributed by atoms with E-state index in [1.54, 1.807) is 17.6 Å². The van der Waals surface area contributed by atoms with Gasteiger partial charge in [-0.2, -0.15) is 0 Å². The van der Waals surface area contributed by atoms with Gasteiger partial charge in [0.15, 0.2) is 0 Å². The molecule has 1 atom stereocenters. The van der Waals surface area contributed by atoms with E-state index in [0.717, 1.165) is 29.8 Å². The van der Waals surface area contributed by atoms with Gasteiger partial charge in [0, 0.05) is 34.6 Å². The van der Waals surface area contributed by atoms with Crippen LogP contribution in [0.4, 0.5) is 0 Å². The normalized spacial score (nSPS) is 16.6. The van der Waals surface area contributed by atoms with Crippen LogP contribution in [0, 0.1) is 0 Å². The number of nitrogens with zero attached hydrogens (tertiary/aromatic N) is 1. The Kier molecular flexibility index (Phi) is 4.71. The van der Waals surface area contributed by atoms with Crippen LogP contribution in [-0.4, -0.2) is 28.5 Å². The Balaban J connectivity index is 1.56. The number of amides is 1. The number of pyridine rings is 1. The fraction of sp³-hybridized carbons (Fsp3) is 0.353. The molecule has 0 aromatic carbocycles. The summed E-state index contributed by atoms with van der Waals surface area (Å²) in [7, 11) is 0. The van der Waals surface area contributed by atoms with E-state index in [1.165, 1.54) is 16.9 Å². The van der Waals surface area contributed by atoms with E-state index >= 15 is 0 Å². The van der Waals surface area contributed by atoms with Crippen LogP contribution < -0.4 is 5.32 Å². The fourth-order valence-electron chi connectivity index (χ4n) is 2.95. The third-order valence-corrected chi connectivity index (χ3v) is 5.03. The van der Waals surface area contributed by atoms with Crippen LogP contribution in [0.1, 0.15) is 45.3 Å². The number of aryl methyl sites for hydroxylation is 1. The number of aromatic carboxylic acids is 1. The third-order valence-electron chi connectivity index (χ3n) is 4.09. The minimum Gasteiger partial charge on any atom is -0.478 e. The predicted octanol–water partition coefficient (Wildman–Crippen LogP) is 2.62. The highest BCUT2D eigenvalue weighted by molar-refractivity contribution is 7.10. The molecule has 1 unspecified atom stereocenters. The second kappa shape index (κ2) is 6.91. The first-order chi connectivity index (χ1) is 11.1. The quantitative estimate of drug-likeness (QED) is 0.883. The summed E-state index contributed by atoms with van der Waals surface area (Å²) in [5, 5.41) is 13.4. The maximum absolute atomic E-state index is 12.1. The van der Waals surface area contributed by atoms with E-state index < -0.39 is 5.97 Å². The summed E-state index contributed by atoms with van der Waals surface area (Å²) >= 11 is 1.30. The number of carboxylic acid groups (broad SMARTS) is 1. The summed E-state index contributed by atoms with van der Waals surface area (Å²) in [4.78, 5) is 28.2. The molecule has 2 heterocycles. The van der Waals surface area contributed by atoms with Crippen molar-refractivity contribution < 1.29 is 14.7 Å². The molecule has 2 N–H and O–H groups in total. The number of hydrogen-bond acceptors (Lipinski definition) is 4. The minimum atomic E-state index is -0.960. The van der Waals surface area contributed by atoms with Crippen LogP contribution in [0.5, 0.6) is 0 Å². The average molecular weight is 330 g/mol. The van der Waals surface area contributed by atoms with Crippen molar-refractivity contribution in [1.82, 2.24) is 10.3 Å². The molecule has 0 radical (unpaired) electrons. The molecule has 3 rings (SSSR count). The first kappa shape index (κ1) is 15.7. The highest BCUT2D eigenvalue weighted by Crippen LogP contribution is 2.29. The van der Waals surface area contributed by atoms with E-state index in [-0.39, 0.29) is 23.8 Å². The van der Waals surface area contributed by atoms with Gasteiger partial charge in [0.25, 0.3) is 0 Å². The Hall–Kier alpha value is -2.21. The number of carbonyl (C=O) groups excluding carboxylic acids is 1. The number of hydrogen-bond donors (Lipinski definition) is 2. The monoisotopic (exact) mass is 330 g/mol. The Bertz CT molecular complexity index is 726. The van der Waals surface area contributed by atoms with Gasteiger partial charge < -0.3 is 10.4 Å². The zero-order valence-corrected chi connectivity index (χ0v) is 13.4. The molecule has 1 aliphatic rings. The van der Waals surface area contributed by atoms with Crippen molar-refractivity contribution in [3.8, 4) is 0 Å². The summed E-state index contributed by atoms with van der Waals surface area (Å²) < 4.78 is 0. The lowest BCUT2D eigenvalue weighted by atomic mass is 9.86. The molecule has 2 aromatic heterocycles. The number of rotatable bonds is 5. The first-order valence-corrected chi connectivity index (χ1v) is 8.52. The van der Waals surface area contributed by atoms with E-state index in [9.17, 15) is 9.59 Å². The van der Waals surface area contributed by atoms with Gasteiger partial charge >= 0.3 is 5.97 Å². The molecule has 23 heavy (non-hydrogen) atoms. The molecule has 120 valence electrons. The molecule has 1 aliphatic carbocycles. The SMILES string of the molecule is O=C(Cc1cc(C(=O)O)cs1)NCC1CCCc2cccnc21. The summed E-state index contributed by atoms with van der Waals surface area (Å²) in [5.74, 6) is -0.772. The summed E-state index contributed by atoms with van der Waals surface area (Å²) in [6.45, 7) is 0.583. The molecule has 0 saturated carbocycles. The van der Waals surface area contributed by atoms with Crippen molar-refractivity contribution in [2.24, 2.45) is 0 Å². The summed E-state index contributed by atoms with van der Waals surface area (Å²) in [6.07, 6.45) is 5.23. The van der Waals surface area contributed by atoms with Crippen LogP contribution >= 0.6 is 11.3 Å². The molecule has 0 saturated heterocycles. The van der Waals surface area contributed by atoms with Crippen LogP contribution in [0.25, 0.3) is 0 Å². The highest BCUT2D eigenvalue weighted by Gasteiger charge is 2.21. The second-order valence-corrected chi connectivity index (χ2v) is 6.72. The zero-order chi connectivity index (χ0) is 16.2. The second-order valence-electron chi connectivity index (χ2n) is 5.72. The van der Waals surface area contributed by atoms with Crippen molar-refractivity contribution in [1.29, 1.82) is 0 Å². The topological polar surface area (TPSA) is 79.3 Å². The van der Waals surface area contributed by atoms with Gasteiger partial charge in [0.2, 0.25) is 5.91 Å². The van der Waals surface area contributed by atoms with Crippen LogP contribution in [0.2, 0.25) is 0 Å². The fourth-order valence-corrected chi connectivity index (χ4v) is 3.80. The van der Waals surface area contributed by atoms with Gasteiger partial charge in [-0.05, 0) is 37.0 Å². The number of thiophene rings is 1. The number of nitrogens with one attached hydrogen (secondary N) is 1.